The highest BCUT2D eigenvalue weighted by molar-refractivity contribution is 5.68. The van der Waals surface area contributed by atoms with Crippen LogP contribution < -0.4 is 9.88 Å². The third-order valence-corrected chi connectivity index (χ3v) is 2.86. The van der Waals surface area contributed by atoms with Gasteiger partial charge in [-0.05, 0) is 13.0 Å². The van der Waals surface area contributed by atoms with Gasteiger partial charge < -0.3 is 0 Å². The summed E-state index contributed by atoms with van der Waals surface area (Å²) in [6.45, 7) is 1.78. The van der Waals surface area contributed by atoms with E-state index in [2.05, 4.69) is 5.32 Å². The predicted molar refractivity (Wildman–Crippen MR) is 57.8 cm³/mol. The third-order valence-electron chi connectivity index (χ3n) is 2.86. The molecule has 16 heavy (non-hydrogen) atoms. The van der Waals surface area contributed by atoms with Crippen molar-refractivity contribution < 1.29 is 13.3 Å². The summed E-state index contributed by atoms with van der Waals surface area (Å²) in [5.41, 5.74) is 2.10. The lowest BCUT2D eigenvalue weighted by Crippen LogP contribution is -2.42. The van der Waals surface area contributed by atoms with Gasteiger partial charge in [0.1, 0.15) is 7.05 Å². The number of hydrogen-bond acceptors (Lipinski definition) is 1. The first-order valence-corrected chi connectivity index (χ1v) is 5.28. The van der Waals surface area contributed by atoms with Crippen LogP contribution in [0.25, 0.3) is 5.57 Å². The molecule has 1 aliphatic rings. The third kappa shape index (κ3) is 1.97. The van der Waals surface area contributed by atoms with E-state index in [4.69, 9.17) is 0 Å². The standard InChI is InChI=1S/C12H15F2N2/c1-8-7-10(13)15-12(14)11(8)9-5-3-4-6-16(9)2/h3-6,10,12,15H,7H2,1-2H3/q+1. The average molecular weight is 225 g/mol. The Morgan fingerprint density at radius 1 is 1.38 bits per heavy atom. The van der Waals surface area contributed by atoms with Gasteiger partial charge in [0.2, 0.25) is 5.69 Å². The van der Waals surface area contributed by atoms with Crippen LogP contribution in [-0.4, -0.2) is 12.6 Å². The number of halogens is 2. The first kappa shape index (κ1) is 11.2. The van der Waals surface area contributed by atoms with Crippen molar-refractivity contribution in [3.05, 3.63) is 35.7 Å². The molecule has 2 nitrogen and oxygen atoms in total. The van der Waals surface area contributed by atoms with E-state index in [-0.39, 0.29) is 6.42 Å². The lowest BCUT2D eigenvalue weighted by atomic mass is 9.98. The fourth-order valence-corrected chi connectivity index (χ4v) is 2.05. The molecule has 0 radical (unpaired) electrons. The van der Waals surface area contributed by atoms with Gasteiger partial charge in [-0.25, -0.2) is 13.3 Å². The fourth-order valence-electron chi connectivity index (χ4n) is 2.05. The van der Waals surface area contributed by atoms with Crippen molar-refractivity contribution in [3.63, 3.8) is 0 Å². The number of aromatic nitrogens is 1. The number of aryl methyl sites for hydroxylation is 1. The molecule has 4 heteroatoms. The number of alkyl halides is 2. The highest BCUT2D eigenvalue weighted by Crippen LogP contribution is 2.28. The predicted octanol–water partition coefficient (Wildman–Crippen LogP) is 1.87. The Hall–Kier alpha value is -1.29. The number of rotatable bonds is 1. The zero-order chi connectivity index (χ0) is 11.7. The van der Waals surface area contributed by atoms with Crippen LogP contribution >= 0.6 is 0 Å². The van der Waals surface area contributed by atoms with Gasteiger partial charge in [-0.15, -0.1) is 0 Å². The molecule has 0 bridgehead atoms. The van der Waals surface area contributed by atoms with Crippen LogP contribution in [0.5, 0.6) is 0 Å². The Morgan fingerprint density at radius 2 is 2.12 bits per heavy atom. The zero-order valence-corrected chi connectivity index (χ0v) is 9.37. The summed E-state index contributed by atoms with van der Waals surface area (Å²) < 4.78 is 28.7. The van der Waals surface area contributed by atoms with E-state index >= 15 is 0 Å². The summed E-state index contributed by atoms with van der Waals surface area (Å²) >= 11 is 0. The molecule has 2 atom stereocenters. The Labute approximate surface area is 93.6 Å². The van der Waals surface area contributed by atoms with Crippen molar-refractivity contribution in [2.24, 2.45) is 7.05 Å². The largest absolute Gasteiger partial charge is 0.254 e. The van der Waals surface area contributed by atoms with Gasteiger partial charge in [0.15, 0.2) is 18.8 Å². The monoisotopic (exact) mass is 225 g/mol. The van der Waals surface area contributed by atoms with E-state index < -0.39 is 12.6 Å². The zero-order valence-electron chi connectivity index (χ0n) is 9.37. The molecule has 2 unspecified atom stereocenters. The maximum atomic E-state index is 13.8. The first-order chi connectivity index (χ1) is 7.59. The van der Waals surface area contributed by atoms with Crippen molar-refractivity contribution in [1.29, 1.82) is 0 Å². The molecule has 0 aromatic carbocycles. The fraction of sp³-hybridized carbons (Fsp3) is 0.417. The summed E-state index contributed by atoms with van der Waals surface area (Å²) in [5, 5.41) is 2.28. The molecule has 0 aliphatic carbocycles. The molecule has 1 aromatic rings. The highest BCUT2D eigenvalue weighted by atomic mass is 19.2. The average Bonchev–Trinajstić information content (AvgIpc) is 2.19. The van der Waals surface area contributed by atoms with Crippen molar-refractivity contribution >= 4 is 5.57 Å². The highest BCUT2D eigenvalue weighted by Gasteiger charge is 2.31. The number of hydrogen-bond donors (Lipinski definition) is 1. The second kappa shape index (κ2) is 4.29. The SMILES string of the molecule is CC1=C(c2cccc[n+]2C)C(F)NC(F)C1. The van der Waals surface area contributed by atoms with Gasteiger partial charge in [-0.2, -0.15) is 0 Å². The molecular weight excluding hydrogens is 210 g/mol. The van der Waals surface area contributed by atoms with E-state index in [1.807, 2.05) is 36.0 Å². The number of nitrogens with zero attached hydrogens (tertiary/aromatic N) is 1. The van der Waals surface area contributed by atoms with Gasteiger partial charge in [0.05, 0.1) is 5.57 Å². The molecule has 1 aliphatic heterocycles. The van der Waals surface area contributed by atoms with Gasteiger partial charge >= 0.3 is 0 Å². The Kier molecular flexibility index (Phi) is 3.01. The topological polar surface area (TPSA) is 15.9 Å². The van der Waals surface area contributed by atoms with Crippen LogP contribution in [0.2, 0.25) is 0 Å². The molecular formula is C12H15F2N2+. The Morgan fingerprint density at radius 3 is 2.75 bits per heavy atom. The van der Waals surface area contributed by atoms with Gasteiger partial charge in [-0.3, -0.25) is 5.32 Å². The van der Waals surface area contributed by atoms with Crippen molar-refractivity contribution in [2.75, 3.05) is 0 Å². The second-order valence-electron chi connectivity index (χ2n) is 4.09. The Balaban J connectivity index is 2.47. The molecule has 0 fully saturated rings. The summed E-state index contributed by atoms with van der Waals surface area (Å²) in [5.74, 6) is 0. The smallest absolute Gasteiger partial charge is 0.212 e. The maximum absolute atomic E-state index is 13.8. The van der Waals surface area contributed by atoms with Crippen LogP contribution in [0.3, 0.4) is 0 Å². The van der Waals surface area contributed by atoms with Gasteiger partial charge in [0.25, 0.3) is 0 Å². The van der Waals surface area contributed by atoms with E-state index in [0.717, 1.165) is 11.3 Å². The Bertz CT molecular complexity index is 429. The van der Waals surface area contributed by atoms with Crippen molar-refractivity contribution in [3.8, 4) is 0 Å². The molecule has 1 N–H and O–H groups in total. The molecule has 0 spiro atoms. The van der Waals surface area contributed by atoms with Crippen LogP contribution in [0.1, 0.15) is 19.0 Å². The summed E-state index contributed by atoms with van der Waals surface area (Å²) in [4.78, 5) is 0. The minimum atomic E-state index is -1.43. The molecule has 2 heterocycles. The summed E-state index contributed by atoms with van der Waals surface area (Å²) in [6, 6.07) is 5.57. The lowest BCUT2D eigenvalue weighted by Gasteiger charge is -2.24. The van der Waals surface area contributed by atoms with E-state index in [1.54, 1.807) is 6.92 Å². The number of pyridine rings is 1. The maximum Gasteiger partial charge on any atom is 0.212 e. The molecule has 0 saturated heterocycles. The van der Waals surface area contributed by atoms with Crippen LogP contribution in [0, 0.1) is 0 Å². The molecule has 1 aromatic heterocycles. The van der Waals surface area contributed by atoms with Gasteiger partial charge in [-0.1, -0.05) is 5.57 Å². The quantitative estimate of drug-likeness (QED) is 0.570. The van der Waals surface area contributed by atoms with E-state index in [0.29, 0.717) is 5.57 Å². The van der Waals surface area contributed by atoms with Crippen molar-refractivity contribution in [2.45, 2.75) is 25.9 Å². The number of nitrogens with one attached hydrogen (secondary N) is 1. The van der Waals surface area contributed by atoms with Crippen LogP contribution in [0.15, 0.2) is 30.0 Å². The minimum Gasteiger partial charge on any atom is -0.254 e. The molecule has 0 saturated carbocycles. The second-order valence-corrected chi connectivity index (χ2v) is 4.09. The summed E-state index contributed by atoms with van der Waals surface area (Å²) in [7, 11) is 1.85. The van der Waals surface area contributed by atoms with Crippen LogP contribution in [-0.2, 0) is 7.05 Å². The van der Waals surface area contributed by atoms with E-state index in [9.17, 15) is 8.78 Å². The van der Waals surface area contributed by atoms with E-state index in [1.165, 1.54) is 0 Å². The normalized spacial score (nSPS) is 26.0. The summed E-state index contributed by atoms with van der Waals surface area (Å²) in [6.07, 6.45) is -0.626. The molecule has 0 amide bonds. The first-order valence-electron chi connectivity index (χ1n) is 5.28. The van der Waals surface area contributed by atoms with Crippen molar-refractivity contribution in [1.82, 2.24) is 5.32 Å². The van der Waals surface area contributed by atoms with Crippen LogP contribution in [0.4, 0.5) is 8.78 Å². The van der Waals surface area contributed by atoms with Gasteiger partial charge in [0, 0.05) is 18.6 Å². The molecule has 86 valence electrons. The lowest BCUT2D eigenvalue weighted by molar-refractivity contribution is -0.674. The molecule has 2 rings (SSSR count). The minimum absolute atomic E-state index is 0.241.